The second-order valence-corrected chi connectivity index (χ2v) is 6.80. The zero-order valence-electron chi connectivity index (χ0n) is 13.7. The Labute approximate surface area is 146 Å². The molecular weight excluding hydrogens is 328 g/mol. The van der Waals surface area contributed by atoms with Gasteiger partial charge in [-0.25, -0.2) is 14.2 Å². The minimum absolute atomic E-state index is 0. The van der Waals surface area contributed by atoms with E-state index in [1.165, 1.54) is 23.8 Å². The first kappa shape index (κ1) is 17.0. The van der Waals surface area contributed by atoms with Crippen LogP contribution >= 0.6 is 12.4 Å². The Morgan fingerprint density at radius 2 is 1.88 bits per heavy atom. The van der Waals surface area contributed by atoms with E-state index >= 15 is 0 Å². The Bertz CT molecular complexity index is 785. The van der Waals surface area contributed by atoms with Crippen molar-refractivity contribution in [3.63, 3.8) is 0 Å². The lowest BCUT2D eigenvalue weighted by atomic mass is 9.82. The van der Waals surface area contributed by atoms with Crippen LogP contribution in [0.15, 0.2) is 29.1 Å². The second-order valence-electron chi connectivity index (χ2n) is 6.80. The van der Waals surface area contributed by atoms with Gasteiger partial charge in [0.05, 0.1) is 11.0 Å². The number of nitrogens with zero attached hydrogens (tertiary/aromatic N) is 2. The van der Waals surface area contributed by atoms with E-state index in [9.17, 15) is 9.59 Å². The zero-order valence-corrected chi connectivity index (χ0v) is 14.5. The molecule has 0 radical (unpaired) electrons. The average Bonchev–Trinajstić information content (AvgIpc) is 2.84. The van der Waals surface area contributed by atoms with Crippen LogP contribution in [0.5, 0.6) is 0 Å². The summed E-state index contributed by atoms with van der Waals surface area (Å²) >= 11 is 0. The first-order valence-corrected chi connectivity index (χ1v) is 8.36. The van der Waals surface area contributed by atoms with E-state index in [1.54, 1.807) is 12.1 Å². The maximum Gasteiger partial charge on any atom is 0.334 e. The third-order valence-corrected chi connectivity index (χ3v) is 5.46. The van der Waals surface area contributed by atoms with Crippen molar-refractivity contribution >= 4 is 29.5 Å². The Hall–Kier alpha value is -1.79. The number of carbonyl (C=O) groups is 1. The summed E-state index contributed by atoms with van der Waals surface area (Å²) in [6.07, 6.45) is 5.62. The Morgan fingerprint density at radius 3 is 2.58 bits per heavy atom. The van der Waals surface area contributed by atoms with E-state index in [0.717, 1.165) is 12.8 Å². The van der Waals surface area contributed by atoms with Crippen LogP contribution in [0.4, 0.5) is 4.79 Å². The number of benzene rings is 1. The summed E-state index contributed by atoms with van der Waals surface area (Å²) in [6, 6.07) is 8.20. The summed E-state index contributed by atoms with van der Waals surface area (Å²) in [5, 5.41) is 3.08. The Balaban J connectivity index is 0.00000169. The van der Waals surface area contributed by atoms with E-state index in [0.29, 0.717) is 23.1 Å². The van der Waals surface area contributed by atoms with E-state index < -0.39 is 0 Å². The fraction of sp³-hybridized carbons (Fsp3) is 0.529. The number of H-pyrrole nitrogens is 1. The largest absolute Gasteiger partial charge is 0.334 e. The van der Waals surface area contributed by atoms with Crippen molar-refractivity contribution in [3.8, 4) is 0 Å². The van der Waals surface area contributed by atoms with Gasteiger partial charge in [0.1, 0.15) is 0 Å². The molecule has 0 aliphatic carbocycles. The fourth-order valence-corrected chi connectivity index (χ4v) is 4.23. The lowest BCUT2D eigenvalue weighted by Crippen LogP contribution is -2.56. The Morgan fingerprint density at radius 1 is 1.21 bits per heavy atom. The SMILES string of the molecule is CN1C2CCCC1CC(NC(=O)n1c(=O)[nH]c3ccccc31)C2.Cl. The monoisotopic (exact) mass is 350 g/mol. The van der Waals surface area contributed by atoms with E-state index in [-0.39, 0.29) is 30.2 Å². The number of hydrogen-bond donors (Lipinski definition) is 2. The molecule has 2 N–H and O–H groups in total. The van der Waals surface area contributed by atoms with Crippen molar-refractivity contribution in [2.75, 3.05) is 7.05 Å². The number of amides is 1. The molecule has 3 heterocycles. The second kappa shape index (κ2) is 6.61. The van der Waals surface area contributed by atoms with Gasteiger partial charge in [-0.05, 0) is 44.9 Å². The predicted octanol–water partition coefficient (Wildman–Crippen LogP) is 2.32. The number of nitrogens with one attached hydrogen (secondary N) is 2. The molecule has 1 amide bonds. The molecule has 130 valence electrons. The van der Waals surface area contributed by atoms with E-state index in [4.69, 9.17) is 0 Å². The molecule has 4 rings (SSSR count). The molecule has 1 aromatic carbocycles. The van der Waals surface area contributed by atoms with Gasteiger partial charge in [0.15, 0.2) is 0 Å². The average molecular weight is 351 g/mol. The van der Waals surface area contributed by atoms with Crippen LogP contribution in [0, 0.1) is 0 Å². The van der Waals surface area contributed by atoms with Crippen LogP contribution in [-0.2, 0) is 0 Å². The highest BCUT2D eigenvalue weighted by atomic mass is 35.5. The molecule has 2 aliphatic heterocycles. The molecule has 2 saturated heterocycles. The number of imidazole rings is 1. The van der Waals surface area contributed by atoms with Gasteiger partial charge >= 0.3 is 11.7 Å². The summed E-state index contributed by atoms with van der Waals surface area (Å²) < 4.78 is 1.21. The lowest BCUT2D eigenvalue weighted by molar-refractivity contribution is 0.0509. The number of carbonyl (C=O) groups excluding carboxylic acids is 1. The van der Waals surface area contributed by atoms with Gasteiger partial charge < -0.3 is 15.2 Å². The van der Waals surface area contributed by atoms with Crippen LogP contribution in [-0.4, -0.2) is 45.7 Å². The maximum atomic E-state index is 12.6. The number of aromatic nitrogens is 2. The van der Waals surface area contributed by atoms with Crippen molar-refractivity contribution in [2.45, 2.75) is 50.2 Å². The first-order valence-electron chi connectivity index (χ1n) is 8.36. The molecule has 7 heteroatoms. The summed E-state index contributed by atoms with van der Waals surface area (Å²) in [6.45, 7) is 0. The molecule has 2 atom stereocenters. The number of halogens is 1. The van der Waals surface area contributed by atoms with E-state index in [2.05, 4.69) is 22.2 Å². The number of para-hydroxylation sites is 2. The molecule has 2 bridgehead atoms. The topological polar surface area (TPSA) is 70.1 Å². The summed E-state index contributed by atoms with van der Waals surface area (Å²) in [5.41, 5.74) is 0.938. The number of hydrogen-bond acceptors (Lipinski definition) is 3. The molecular formula is C17H23ClN4O2. The van der Waals surface area contributed by atoms with Gasteiger partial charge in [-0.2, -0.15) is 0 Å². The molecule has 24 heavy (non-hydrogen) atoms. The minimum atomic E-state index is -0.378. The summed E-state index contributed by atoms with van der Waals surface area (Å²) in [7, 11) is 2.19. The fourth-order valence-electron chi connectivity index (χ4n) is 4.23. The number of piperidine rings is 2. The van der Waals surface area contributed by atoms with Gasteiger partial charge in [0, 0.05) is 18.1 Å². The van der Waals surface area contributed by atoms with Gasteiger partial charge in [0.2, 0.25) is 0 Å². The van der Waals surface area contributed by atoms with Crippen molar-refractivity contribution in [3.05, 3.63) is 34.7 Å². The third kappa shape index (κ3) is 2.84. The predicted molar refractivity (Wildman–Crippen MR) is 95.9 cm³/mol. The molecule has 6 nitrogen and oxygen atoms in total. The van der Waals surface area contributed by atoms with Gasteiger partial charge in [-0.15, -0.1) is 12.4 Å². The lowest BCUT2D eigenvalue weighted by Gasteiger charge is -2.47. The van der Waals surface area contributed by atoms with Gasteiger partial charge in [0.25, 0.3) is 0 Å². The van der Waals surface area contributed by atoms with Crippen LogP contribution in [0.2, 0.25) is 0 Å². The smallest absolute Gasteiger partial charge is 0.334 e. The highest BCUT2D eigenvalue weighted by Gasteiger charge is 2.36. The van der Waals surface area contributed by atoms with Crippen molar-refractivity contribution in [1.82, 2.24) is 19.8 Å². The standard InChI is InChI=1S/C17H22N4O2.ClH/c1-20-12-5-4-6-13(20)10-11(9-12)18-16(22)21-15-8-3-2-7-14(15)19-17(21)23;/h2-3,7-8,11-13H,4-6,9-10H2,1H3,(H,18,22)(H,19,23);1H. The van der Waals surface area contributed by atoms with Crippen molar-refractivity contribution < 1.29 is 4.79 Å². The maximum absolute atomic E-state index is 12.6. The normalized spacial score (nSPS) is 26.8. The van der Waals surface area contributed by atoms with Gasteiger partial charge in [-0.1, -0.05) is 18.6 Å². The molecule has 2 fully saturated rings. The zero-order chi connectivity index (χ0) is 16.0. The number of rotatable bonds is 1. The number of aromatic amines is 1. The molecule has 2 unspecified atom stereocenters. The van der Waals surface area contributed by atoms with Crippen molar-refractivity contribution in [1.29, 1.82) is 0 Å². The molecule has 2 aromatic rings. The highest BCUT2D eigenvalue weighted by Crippen LogP contribution is 2.32. The first-order chi connectivity index (χ1) is 11.1. The quantitative estimate of drug-likeness (QED) is 0.829. The number of fused-ring (bicyclic) bond motifs is 3. The molecule has 0 spiro atoms. The minimum Gasteiger partial charge on any atom is -0.334 e. The Kier molecular flexibility index (Phi) is 4.69. The highest BCUT2D eigenvalue weighted by molar-refractivity contribution is 5.89. The van der Waals surface area contributed by atoms with Crippen LogP contribution in [0.1, 0.15) is 32.1 Å². The van der Waals surface area contributed by atoms with Crippen LogP contribution in [0.25, 0.3) is 11.0 Å². The van der Waals surface area contributed by atoms with Crippen LogP contribution < -0.4 is 11.0 Å². The third-order valence-electron chi connectivity index (χ3n) is 5.46. The summed E-state index contributed by atoms with van der Waals surface area (Å²) in [5.74, 6) is 0. The van der Waals surface area contributed by atoms with Gasteiger partial charge in [-0.3, -0.25) is 0 Å². The van der Waals surface area contributed by atoms with Crippen molar-refractivity contribution in [2.24, 2.45) is 0 Å². The summed E-state index contributed by atoms with van der Waals surface area (Å²) in [4.78, 5) is 29.9. The van der Waals surface area contributed by atoms with E-state index in [1.807, 2.05) is 12.1 Å². The molecule has 2 aliphatic rings. The van der Waals surface area contributed by atoms with Crippen LogP contribution in [0.3, 0.4) is 0 Å². The molecule has 0 saturated carbocycles. The molecule has 1 aromatic heterocycles.